The van der Waals surface area contributed by atoms with Crippen LogP contribution in [0.4, 0.5) is 0 Å². The molecule has 6 heteroatoms. The van der Waals surface area contributed by atoms with E-state index >= 15 is 0 Å². The summed E-state index contributed by atoms with van der Waals surface area (Å²) in [6, 6.07) is -0.255. The Kier molecular flexibility index (Phi) is 10.5. The third-order valence-corrected chi connectivity index (χ3v) is 3.44. The van der Waals surface area contributed by atoms with Gasteiger partial charge in [0, 0.05) is 26.1 Å². The van der Waals surface area contributed by atoms with Crippen molar-refractivity contribution in [2.45, 2.75) is 52.0 Å². The Labute approximate surface area is 128 Å². The highest BCUT2D eigenvalue weighted by Crippen LogP contribution is 2.18. The molecule has 0 spiro atoms. The second kappa shape index (κ2) is 10.9. The summed E-state index contributed by atoms with van der Waals surface area (Å²) in [6.07, 6.45) is 4.21. The lowest BCUT2D eigenvalue weighted by Gasteiger charge is -2.34. The molecule has 20 heavy (non-hydrogen) atoms. The Balaban J connectivity index is 0.00000361. The monoisotopic (exact) mass is 305 g/mol. The number of hydrogen-bond acceptors (Lipinski definition) is 3. The standard InChI is InChI=1S/C14H27N3O2.ClH/c1-3-7-13(18)17-11-6-5-8-12(17)14(19)16-10-9-15-4-2;/h12,15H,3-11H2,1-2H3,(H,16,19);1H. The van der Waals surface area contributed by atoms with Crippen LogP contribution in [-0.4, -0.2) is 48.9 Å². The van der Waals surface area contributed by atoms with E-state index in [0.717, 1.165) is 45.3 Å². The van der Waals surface area contributed by atoms with Gasteiger partial charge in [0.05, 0.1) is 0 Å². The highest BCUT2D eigenvalue weighted by molar-refractivity contribution is 5.87. The quantitative estimate of drug-likeness (QED) is 0.697. The molecule has 0 bridgehead atoms. The van der Waals surface area contributed by atoms with Crippen molar-refractivity contribution in [3.05, 3.63) is 0 Å². The number of halogens is 1. The van der Waals surface area contributed by atoms with Crippen LogP contribution in [0.15, 0.2) is 0 Å². The first-order chi connectivity index (χ1) is 9.20. The van der Waals surface area contributed by atoms with Crippen LogP contribution in [0.3, 0.4) is 0 Å². The molecule has 1 fully saturated rings. The minimum Gasteiger partial charge on any atom is -0.353 e. The molecule has 5 nitrogen and oxygen atoms in total. The van der Waals surface area contributed by atoms with Gasteiger partial charge in [0.2, 0.25) is 11.8 Å². The molecule has 0 saturated carbocycles. The van der Waals surface area contributed by atoms with Crippen molar-refractivity contribution >= 4 is 24.2 Å². The summed E-state index contributed by atoms with van der Waals surface area (Å²) in [5.41, 5.74) is 0. The predicted molar refractivity (Wildman–Crippen MR) is 83.1 cm³/mol. The molecule has 2 N–H and O–H groups in total. The molecule has 1 aliphatic rings. The maximum absolute atomic E-state index is 12.1. The zero-order valence-electron chi connectivity index (χ0n) is 12.6. The number of nitrogens with zero attached hydrogens (tertiary/aromatic N) is 1. The van der Waals surface area contributed by atoms with E-state index in [-0.39, 0.29) is 30.3 Å². The summed E-state index contributed by atoms with van der Waals surface area (Å²) in [5.74, 6) is 0.121. The lowest BCUT2D eigenvalue weighted by molar-refractivity contribution is -0.142. The summed E-state index contributed by atoms with van der Waals surface area (Å²) in [5, 5.41) is 6.08. The number of amides is 2. The average molecular weight is 306 g/mol. The van der Waals surface area contributed by atoms with Gasteiger partial charge in [-0.15, -0.1) is 12.4 Å². The normalized spacial score (nSPS) is 18.3. The largest absolute Gasteiger partial charge is 0.353 e. The maximum atomic E-state index is 12.1. The van der Waals surface area contributed by atoms with Crippen molar-refractivity contribution in [1.82, 2.24) is 15.5 Å². The smallest absolute Gasteiger partial charge is 0.242 e. The fourth-order valence-corrected chi connectivity index (χ4v) is 2.43. The Hall–Kier alpha value is -0.810. The van der Waals surface area contributed by atoms with Crippen LogP contribution in [0.1, 0.15) is 46.0 Å². The molecule has 0 aromatic heterocycles. The van der Waals surface area contributed by atoms with E-state index in [1.165, 1.54) is 0 Å². The second-order valence-electron chi connectivity index (χ2n) is 4.99. The molecular weight excluding hydrogens is 278 g/mol. The molecule has 1 aliphatic heterocycles. The van der Waals surface area contributed by atoms with Crippen LogP contribution in [0.25, 0.3) is 0 Å². The van der Waals surface area contributed by atoms with Crippen LogP contribution < -0.4 is 10.6 Å². The van der Waals surface area contributed by atoms with Gasteiger partial charge in [0.15, 0.2) is 0 Å². The van der Waals surface area contributed by atoms with Gasteiger partial charge in [-0.25, -0.2) is 0 Å². The van der Waals surface area contributed by atoms with Gasteiger partial charge in [-0.2, -0.15) is 0 Å². The lowest BCUT2D eigenvalue weighted by atomic mass is 10.0. The molecule has 0 aromatic carbocycles. The van der Waals surface area contributed by atoms with Crippen LogP contribution in [0.2, 0.25) is 0 Å². The summed E-state index contributed by atoms with van der Waals surface area (Å²) < 4.78 is 0. The third-order valence-electron chi connectivity index (χ3n) is 3.44. The van der Waals surface area contributed by atoms with Crippen LogP contribution in [0.5, 0.6) is 0 Å². The summed E-state index contributed by atoms with van der Waals surface area (Å²) >= 11 is 0. The molecule has 2 amide bonds. The van der Waals surface area contributed by atoms with E-state index in [9.17, 15) is 9.59 Å². The van der Waals surface area contributed by atoms with Gasteiger partial charge in [0.1, 0.15) is 6.04 Å². The Morgan fingerprint density at radius 2 is 1.95 bits per heavy atom. The fraction of sp³-hybridized carbons (Fsp3) is 0.857. The minimum absolute atomic E-state index is 0. The number of rotatable bonds is 7. The van der Waals surface area contributed by atoms with Crippen molar-refractivity contribution in [3.8, 4) is 0 Å². The first-order valence-electron chi connectivity index (χ1n) is 7.48. The number of hydrogen-bond donors (Lipinski definition) is 2. The molecule has 1 atom stereocenters. The molecule has 0 aromatic rings. The van der Waals surface area contributed by atoms with E-state index in [0.29, 0.717) is 13.0 Å². The van der Waals surface area contributed by atoms with Gasteiger partial charge < -0.3 is 15.5 Å². The molecule has 1 heterocycles. The number of carbonyl (C=O) groups excluding carboxylic acids is 2. The van der Waals surface area contributed by atoms with Gasteiger partial charge in [0.25, 0.3) is 0 Å². The van der Waals surface area contributed by atoms with Crippen LogP contribution in [0, 0.1) is 0 Å². The van der Waals surface area contributed by atoms with E-state index in [4.69, 9.17) is 0 Å². The van der Waals surface area contributed by atoms with Crippen molar-refractivity contribution in [2.24, 2.45) is 0 Å². The van der Waals surface area contributed by atoms with Gasteiger partial charge >= 0.3 is 0 Å². The average Bonchev–Trinajstić information content (AvgIpc) is 2.43. The van der Waals surface area contributed by atoms with Gasteiger partial charge in [-0.05, 0) is 32.2 Å². The first-order valence-corrected chi connectivity index (χ1v) is 7.48. The number of piperidine rings is 1. The zero-order chi connectivity index (χ0) is 14.1. The van der Waals surface area contributed by atoms with E-state index in [1.807, 2.05) is 13.8 Å². The Morgan fingerprint density at radius 1 is 1.20 bits per heavy atom. The topological polar surface area (TPSA) is 61.4 Å². The van der Waals surface area contributed by atoms with E-state index < -0.39 is 0 Å². The highest BCUT2D eigenvalue weighted by Gasteiger charge is 2.31. The van der Waals surface area contributed by atoms with Crippen molar-refractivity contribution in [2.75, 3.05) is 26.2 Å². The summed E-state index contributed by atoms with van der Waals surface area (Å²) in [7, 11) is 0. The minimum atomic E-state index is -0.255. The molecule has 1 rings (SSSR count). The van der Waals surface area contributed by atoms with Crippen molar-refractivity contribution in [3.63, 3.8) is 0 Å². The fourth-order valence-electron chi connectivity index (χ4n) is 2.43. The highest BCUT2D eigenvalue weighted by atomic mass is 35.5. The first kappa shape index (κ1) is 19.2. The maximum Gasteiger partial charge on any atom is 0.242 e. The molecule has 118 valence electrons. The number of likely N-dealkylation sites (N-methyl/N-ethyl adjacent to an activating group) is 1. The second-order valence-corrected chi connectivity index (χ2v) is 4.99. The van der Waals surface area contributed by atoms with E-state index in [1.54, 1.807) is 4.90 Å². The molecule has 0 radical (unpaired) electrons. The van der Waals surface area contributed by atoms with Gasteiger partial charge in [-0.3, -0.25) is 9.59 Å². The number of likely N-dealkylation sites (tertiary alicyclic amines) is 1. The lowest BCUT2D eigenvalue weighted by Crippen LogP contribution is -2.52. The molecular formula is C14H28ClN3O2. The summed E-state index contributed by atoms with van der Waals surface area (Å²) in [6.45, 7) is 7.06. The van der Waals surface area contributed by atoms with E-state index in [2.05, 4.69) is 10.6 Å². The Morgan fingerprint density at radius 3 is 2.60 bits per heavy atom. The van der Waals surface area contributed by atoms with Crippen molar-refractivity contribution < 1.29 is 9.59 Å². The number of carbonyl (C=O) groups is 2. The zero-order valence-corrected chi connectivity index (χ0v) is 13.4. The van der Waals surface area contributed by atoms with Gasteiger partial charge in [-0.1, -0.05) is 13.8 Å². The van der Waals surface area contributed by atoms with Crippen LogP contribution >= 0.6 is 12.4 Å². The molecule has 0 aliphatic carbocycles. The van der Waals surface area contributed by atoms with Crippen LogP contribution in [-0.2, 0) is 9.59 Å². The SMILES string of the molecule is CCCC(=O)N1CCCCC1C(=O)NCCNCC.Cl. The third kappa shape index (κ3) is 6.09. The number of nitrogens with one attached hydrogen (secondary N) is 2. The Bertz CT molecular complexity index is 300. The molecule has 1 saturated heterocycles. The summed E-state index contributed by atoms with van der Waals surface area (Å²) in [4.78, 5) is 25.9. The predicted octanol–water partition coefficient (Wildman–Crippen LogP) is 1.32. The van der Waals surface area contributed by atoms with Crippen molar-refractivity contribution in [1.29, 1.82) is 0 Å². The molecule has 1 unspecified atom stereocenters.